The number of hydrogen-bond donors (Lipinski definition) is 1. The van der Waals surface area contributed by atoms with Crippen LogP contribution in [0.5, 0.6) is 5.75 Å². The van der Waals surface area contributed by atoms with Crippen LogP contribution in [0.3, 0.4) is 0 Å². The van der Waals surface area contributed by atoms with Crippen molar-refractivity contribution in [2.45, 2.75) is 45.6 Å². The van der Waals surface area contributed by atoms with Gasteiger partial charge in [0.25, 0.3) is 0 Å². The molecule has 1 unspecified atom stereocenters. The SMILES string of the molecule is CCCN1CC(C)Oc2ccc(CCCCN)cc21. The first-order valence-corrected chi connectivity index (χ1v) is 7.49. The molecule has 1 aromatic carbocycles. The van der Waals surface area contributed by atoms with Crippen molar-refractivity contribution in [2.24, 2.45) is 5.73 Å². The number of nitrogens with two attached hydrogens (primary N) is 1. The number of fused-ring (bicyclic) bond motifs is 1. The van der Waals surface area contributed by atoms with Gasteiger partial charge in [-0.05, 0) is 56.8 Å². The van der Waals surface area contributed by atoms with Crippen LogP contribution in [-0.2, 0) is 6.42 Å². The normalized spacial score (nSPS) is 18.1. The third-order valence-corrected chi connectivity index (χ3v) is 3.58. The number of aryl methyl sites for hydroxylation is 1. The maximum atomic E-state index is 5.93. The quantitative estimate of drug-likeness (QED) is 0.801. The van der Waals surface area contributed by atoms with E-state index < -0.39 is 0 Å². The molecule has 1 aliphatic heterocycles. The Morgan fingerprint density at radius 1 is 1.37 bits per heavy atom. The number of hydrogen-bond acceptors (Lipinski definition) is 3. The van der Waals surface area contributed by atoms with Crippen molar-refractivity contribution in [3.8, 4) is 5.75 Å². The minimum absolute atomic E-state index is 0.280. The minimum atomic E-state index is 0.280. The van der Waals surface area contributed by atoms with Gasteiger partial charge in [0.2, 0.25) is 0 Å². The van der Waals surface area contributed by atoms with E-state index in [4.69, 9.17) is 10.5 Å². The maximum absolute atomic E-state index is 5.93. The number of anilines is 1. The van der Waals surface area contributed by atoms with Crippen LogP contribution in [0.1, 0.15) is 38.7 Å². The van der Waals surface area contributed by atoms with Crippen molar-refractivity contribution >= 4 is 5.69 Å². The fraction of sp³-hybridized carbons (Fsp3) is 0.625. The van der Waals surface area contributed by atoms with Crippen molar-refractivity contribution in [1.82, 2.24) is 0 Å². The number of nitrogens with zero attached hydrogens (tertiary/aromatic N) is 1. The second kappa shape index (κ2) is 6.80. The lowest BCUT2D eigenvalue weighted by molar-refractivity contribution is 0.212. The molecule has 19 heavy (non-hydrogen) atoms. The Hall–Kier alpha value is -1.22. The zero-order chi connectivity index (χ0) is 13.7. The highest BCUT2D eigenvalue weighted by molar-refractivity contribution is 5.61. The summed E-state index contributed by atoms with van der Waals surface area (Å²) in [6.07, 6.45) is 4.83. The van der Waals surface area contributed by atoms with E-state index in [9.17, 15) is 0 Å². The smallest absolute Gasteiger partial charge is 0.143 e. The van der Waals surface area contributed by atoms with Crippen molar-refractivity contribution in [3.63, 3.8) is 0 Å². The molecule has 1 atom stereocenters. The van der Waals surface area contributed by atoms with Gasteiger partial charge in [-0.2, -0.15) is 0 Å². The molecule has 0 aromatic heterocycles. The molecule has 2 N–H and O–H groups in total. The largest absolute Gasteiger partial charge is 0.487 e. The number of ether oxygens (including phenoxy) is 1. The van der Waals surface area contributed by atoms with E-state index in [0.29, 0.717) is 0 Å². The van der Waals surface area contributed by atoms with E-state index in [0.717, 1.165) is 38.2 Å². The first-order valence-electron chi connectivity index (χ1n) is 7.49. The summed E-state index contributed by atoms with van der Waals surface area (Å²) in [4.78, 5) is 2.45. The molecule has 0 aliphatic carbocycles. The summed E-state index contributed by atoms with van der Waals surface area (Å²) in [5.74, 6) is 1.04. The summed E-state index contributed by atoms with van der Waals surface area (Å²) in [5, 5.41) is 0. The fourth-order valence-corrected chi connectivity index (χ4v) is 2.68. The molecular formula is C16H26N2O. The molecule has 1 aliphatic rings. The van der Waals surface area contributed by atoms with Crippen LogP contribution in [-0.4, -0.2) is 25.7 Å². The Balaban J connectivity index is 2.13. The molecule has 3 heteroatoms. The summed E-state index contributed by atoms with van der Waals surface area (Å²) >= 11 is 0. The number of benzene rings is 1. The van der Waals surface area contributed by atoms with Crippen molar-refractivity contribution in [1.29, 1.82) is 0 Å². The second-order valence-corrected chi connectivity index (χ2v) is 5.42. The highest BCUT2D eigenvalue weighted by Crippen LogP contribution is 2.34. The van der Waals surface area contributed by atoms with Gasteiger partial charge in [0.05, 0.1) is 12.2 Å². The van der Waals surface area contributed by atoms with Crippen molar-refractivity contribution in [3.05, 3.63) is 23.8 Å². The van der Waals surface area contributed by atoms with Gasteiger partial charge in [0.1, 0.15) is 11.9 Å². The molecule has 0 fully saturated rings. The van der Waals surface area contributed by atoms with Crippen LogP contribution in [0.15, 0.2) is 18.2 Å². The van der Waals surface area contributed by atoms with Gasteiger partial charge < -0.3 is 15.4 Å². The van der Waals surface area contributed by atoms with Crippen LogP contribution in [0.2, 0.25) is 0 Å². The standard InChI is InChI=1S/C16H26N2O/c1-3-10-18-12-13(2)19-16-8-7-14(11-15(16)18)6-4-5-9-17/h7-8,11,13H,3-6,9-10,12,17H2,1-2H3. The number of rotatable bonds is 6. The fourth-order valence-electron chi connectivity index (χ4n) is 2.68. The molecule has 0 bridgehead atoms. The first kappa shape index (κ1) is 14.2. The molecular weight excluding hydrogens is 236 g/mol. The molecule has 0 saturated carbocycles. The zero-order valence-corrected chi connectivity index (χ0v) is 12.2. The van der Waals surface area contributed by atoms with E-state index in [1.807, 2.05) is 0 Å². The lowest BCUT2D eigenvalue weighted by atomic mass is 10.1. The summed E-state index contributed by atoms with van der Waals surface area (Å²) in [6.45, 7) is 7.25. The summed E-state index contributed by atoms with van der Waals surface area (Å²) < 4.78 is 5.93. The average molecular weight is 262 g/mol. The van der Waals surface area contributed by atoms with Crippen LogP contribution < -0.4 is 15.4 Å². The lowest BCUT2D eigenvalue weighted by Gasteiger charge is -2.35. The van der Waals surface area contributed by atoms with E-state index in [1.165, 1.54) is 24.1 Å². The van der Waals surface area contributed by atoms with Gasteiger partial charge in [0, 0.05) is 6.54 Å². The van der Waals surface area contributed by atoms with E-state index in [-0.39, 0.29) is 6.10 Å². The van der Waals surface area contributed by atoms with Crippen LogP contribution >= 0.6 is 0 Å². The zero-order valence-electron chi connectivity index (χ0n) is 12.2. The van der Waals surface area contributed by atoms with Crippen LogP contribution in [0.4, 0.5) is 5.69 Å². The van der Waals surface area contributed by atoms with E-state index >= 15 is 0 Å². The van der Waals surface area contributed by atoms with Gasteiger partial charge in [-0.1, -0.05) is 13.0 Å². The molecule has 3 nitrogen and oxygen atoms in total. The van der Waals surface area contributed by atoms with Gasteiger partial charge in [-0.15, -0.1) is 0 Å². The van der Waals surface area contributed by atoms with Gasteiger partial charge in [-0.25, -0.2) is 0 Å². The monoisotopic (exact) mass is 262 g/mol. The molecule has 106 valence electrons. The van der Waals surface area contributed by atoms with Gasteiger partial charge >= 0.3 is 0 Å². The summed E-state index contributed by atoms with van der Waals surface area (Å²) in [5.41, 5.74) is 8.22. The van der Waals surface area contributed by atoms with Gasteiger partial charge in [-0.3, -0.25) is 0 Å². The number of unbranched alkanes of at least 4 members (excludes halogenated alkanes) is 1. The maximum Gasteiger partial charge on any atom is 0.143 e. The molecule has 1 aromatic rings. The highest BCUT2D eigenvalue weighted by Gasteiger charge is 2.22. The summed E-state index contributed by atoms with van der Waals surface area (Å²) in [6, 6.07) is 6.62. The Bertz CT molecular complexity index is 406. The average Bonchev–Trinajstić information content (AvgIpc) is 2.40. The van der Waals surface area contributed by atoms with Crippen molar-refractivity contribution in [2.75, 3.05) is 24.5 Å². The van der Waals surface area contributed by atoms with Gasteiger partial charge in [0.15, 0.2) is 0 Å². The Labute approximate surface area is 116 Å². The Kier molecular flexibility index (Phi) is 5.08. The Morgan fingerprint density at radius 3 is 2.95 bits per heavy atom. The molecule has 0 saturated heterocycles. The summed E-state index contributed by atoms with van der Waals surface area (Å²) in [7, 11) is 0. The highest BCUT2D eigenvalue weighted by atomic mass is 16.5. The predicted octanol–water partition coefficient (Wildman–Crippen LogP) is 2.97. The van der Waals surface area contributed by atoms with Crippen LogP contribution in [0, 0.1) is 0 Å². The molecule has 0 spiro atoms. The molecule has 0 amide bonds. The van der Waals surface area contributed by atoms with E-state index in [1.54, 1.807) is 0 Å². The minimum Gasteiger partial charge on any atom is -0.487 e. The second-order valence-electron chi connectivity index (χ2n) is 5.42. The predicted molar refractivity (Wildman–Crippen MR) is 81.0 cm³/mol. The lowest BCUT2D eigenvalue weighted by Crippen LogP contribution is -2.38. The topological polar surface area (TPSA) is 38.5 Å². The van der Waals surface area contributed by atoms with Crippen LogP contribution in [0.25, 0.3) is 0 Å². The third-order valence-electron chi connectivity index (χ3n) is 3.58. The molecule has 1 heterocycles. The molecule has 0 radical (unpaired) electrons. The third kappa shape index (κ3) is 3.63. The van der Waals surface area contributed by atoms with Crippen molar-refractivity contribution < 1.29 is 4.74 Å². The first-order chi connectivity index (χ1) is 9.24. The Morgan fingerprint density at radius 2 is 2.21 bits per heavy atom. The van der Waals surface area contributed by atoms with E-state index in [2.05, 4.69) is 36.9 Å². The molecule has 2 rings (SSSR count).